The summed E-state index contributed by atoms with van der Waals surface area (Å²) in [5.41, 5.74) is 0. The van der Waals surface area contributed by atoms with E-state index in [4.69, 9.17) is 9.15 Å². The van der Waals surface area contributed by atoms with Gasteiger partial charge in [0.25, 0.3) is 0 Å². The largest absolute Gasteiger partial charge is 0.469 e. The molecule has 8 heteroatoms. The predicted molar refractivity (Wildman–Crippen MR) is 113 cm³/mol. The minimum absolute atomic E-state index is 0. The summed E-state index contributed by atoms with van der Waals surface area (Å²) in [6.45, 7) is 6.78. The predicted octanol–water partition coefficient (Wildman–Crippen LogP) is 2.02. The Morgan fingerprint density at radius 2 is 2.08 bits per heavy atom. The summed E-state index contributed by atoms with van der Waals surface area (Å²) < 4.78 is 10.7. The number of likely N-dealkylation sites (tertiary alicyclic amines) is 1. The van der Waals surface area contributed by atoms with Gasteiger partial charge in [-0.25, -0.2) is 4.99 Å². The van der Waals surface area contributed by atoms with Crippen LogP contribution in [0, 0.1) is 0 Å². The van der Waals surface area contributed by atoms with Crippen molar-refractivity contribution in [3.63, 3.8) is 0 Å². The zero-order valence-electron chi connectivity index (χ0n) is 15.5. The second-order valence-electron chi connectivity index (χ2n) is 5.99. The highest BCUT2D eigenvalue weighted by Gasteiger charge is 2.17. The molecule has 0 spiro atoms. The number of guanidine groups is 1. The van der Waals surface area contributed by atoms with E-state index in [2.05, 4.69) is 15.6 Å². The Kier molecular flexibility index (Phi) is 12.1. The lowest BCUT2D eigenvalue weighted by Gasteiger charge is -2.15. The molecule has 2 rings (SSSR count). The van der Waals surface area contributed by atoms with Crippen LogP contribution in [0.1, 0.15) is 31.9 Å². The SMILES string of the molecule is CCOCCCNC(=NCC(=O)N1CCCC1)NCCc1ccco1.I. The first-order valence-corrected chi connectivity index (χ1v) is 9.19. The Morgan fingerprint density at radius 3 is 2.77 bits per heavy atom. The van der Waals surface area contributed by atoms with E-state index in [0.717, 1.165) is 64.3 Å². The highest BCUT2D eigenvalue weighted by molar-refractivity contribution is 14.0. The molecular formula is C18H31IN4O3. The van der Waals surface area contributed by atoms with E-state index in [1.807, 2.05) is 24.0 Å². The van der Waals surface area contributed by atoms with Gasteiger partial charge >= 0.3 is 0 Å². The molecule has 26 heavy (non-hydrogen) atoms. The normalized spacial score (nSPS) is 14.2. The first kappa shape index (κ1) is 22.8. The summed E-state index contributed by atoms with van der Waals surface area (Å²) in [6, 6.07) is 3.83. The van der Waals surface area contributed by atoms with E-state index in [0.29, 0.717) is 12.5 Å². The maximum absolute atomic E-state index is 12.2. The lowest BCUT2D eigenvalue weighted by molar-refractivity contribution is -0.128. The highest BCUT2D eigenvalue weighted by atomic mass is 127. The average molecular weight is 478 g/mol. The molecule has 1 aliphatic heterocycles. The van der Waals surface area contributed by atoms with E-state index >= 15 is 0 Å². The number of hydrogen-bond donors (Lipinski definition) is 2. The standard InChI is InChI=1S/C18H30N4O3.HI/c1-2-24-13-6-9-19-18(20-10-8-16-7-5-14-25-16)21-15-17(23)22-11-3-4-12-22;/h5,7,14H,2-4,6,8-13,15H2,1H3,(H2,19,20,21);1H. The molecule has 1 amide bonds. The number of hydrogen-bond acceptors (Lipinski definition) is 4. The Morgan fingerprint density at radius 1 is 1.31 bits per heavy atom. The molecule has 0 saturated carbocycles. The molecule has 0 bridgehead atoms. The van der Waals surface area contributed by atoms with Crippen LogP contribution < -0.4 is 10.6 Å². The van der Waals surface area contributed by atoms with Gasteiger partial charge in [-0.1, -0.05) is 0 Å². The fourth-order valence-electron chi connectivity index (χ4n) is 2.67. The maximum atomic E-state index is 12.2. The fraction of sp³-hybridized carbons (Fsp3) is 0.667. The van der Waals surface area contributed by atoms with Crippen molar-refractivity contribution in [2.24, 2.45) is 4.99 Å². The Hall–Kier alpha value is -1.29. The number of amides is 1. The average Bonchev–Trinajstić information content (AvgIpc) is 3.32. The molecule has 0 radical (unpaired) electrons. The summed E-state index contributed by atoms with van der Waals surface area (Å²) in [7, 11) is 0. The van der Waals surface area contributed by atoms with Gasteiger partial charge in [0.2, 0.25) is 5.91 Å². The van der Waals surface area contributed by atoms with Gasteiger partial charge < -0.3 is 24.7 Å². The van der Waals surface area contributed by atoms with Crippen molar-refractivity contribution in [3.05, 3.63) is 24.2 Å². The van der Waals surface area contributed by atoms with Crippen molar-refractivity contribution in [3.8, 4) is 0 Å². The molecule has 148 valence electrons. The van der Waals surface area contributed by atoms with Crippen LogP contribution in [-0.4, -0.2) is 62.7 Å². The molecule has 0 aromatic carbocycles. The summed E-state index contributed by atoms with van der Waals surface area (Å²) in [6.07, 6.45) is 5.53. The Labute approximate surface area is 173 Å². The van der Waals surface area contributed by atoms with Crippen molar-refractivity contribution in [1.82, 2.24) is 15.5 Å². The number of carbonyl (C=O) groups is 1. The third-order valence-electron chi connectivity index (χ3n) is 4.04. The Balaban J connectivity index is 0.00000338. The van der Waals surface area contributed by atoms with Gasteiger partial charge in [-0.3, -0.25) is 4.79 Å². The van der Waals surface area contributed by atoms with E-state index in [9.17, 15) is 4.79 Å². The molecule has 1 aliphatic rings. The fourth-order valence-corrected chi connectivity index (χ4v) is 2.67. The van der Waals surface area contributed by atoms with E-state index in [1.165, 1.54) is 0 Å². The summed E-state index contributed by atoms with van der Waals surface area (Å²) in [5, 5.41) is 6.52. The molecule has 2 heterocycles. The lowest BCUT2D eigenvalue weighted by atomic mass is 10.3. The third kappa shape index (κ3) is 8.88. The van der Waals surface area contributed by atoms with Crippen molar-refractivity contribution in [1.29, 1.82) is 0 Å². The van der Waals surface area contributed by atoms with Crippen LogP contribution in [-0.2, 0) is 16.0 Å². The number of carbonyl (C=O) groups excluding carboxylic acids is 1. The van der Waals surface area contributed by atoms with Crippen LogP contribution in [0.25, 0.3) is 0 Å². The van der Waals surface area contributed by atoms with Crippen molar-refractivity contribution in [2.75, 3.05) is 45.9 Å². The first-order valence-electron chi connectivity index (χ1n) is 9.19. The number of nitrogens with one attached hydrogen (secondary N) is 2. The van der Waals surface area contributed by atoms with Gasteiger partial charge in [0, 0.05) is 45.8 Å². The zero-order chi connectivity index (χ0) is 17.7. The molecule has 1 saturated heterocycles. The monoisotopic (exact) mass is 478 g/mol. The molecule has 0 unspecified atom stereocenters. The van der Waals surface area contributed by atoms with Crippen LogP contribution >= 0.6 is 24.0 Å². The number of halogens is 1. The second-order valence-corrected chi connectivity index (χ2v) is 5.99. The third-order valence-corrected chi connectivity index (χ3v) is 4.04. The highest BCUT2D eigenvalue weighted by Crippen LogP contribution is 2.07. The van der Waals surface area contributed by atoms with Gasteiger partial charge in [0.05, 0.1) is 6.26 Å². The summed E-state index contributed by atoms with van der Waals surface area (Å²) >= 11 is 0. The van der Waals surface area contributed by atoms with Crippen LogP contribution in [0.15, 0.2) is 27.8 Å². The number of nitrogens with zero attached hydrogens (tertiary/aromatic N) is 2. The first-order chi connectivity index (χ1) is 12.3. The number of rotatable bonds is 10. The molecule has 2 N–H and O–H groups in total. The summed E-state index contributed by atoms with van der Waals surface area (Å²) in [5.74, 6) is 1.69. The lowest BCUT2D eigenvalue weighted by Crippen LogP contribution is -2.40. The van der Waals surface area contributed by atoms with Gasteiger partial charge in [0.1, 0.15) is 12.3 Å². The van der Waals surface area contributed by atoms with E-state index in [1.54, 1.807) is 6.26 Å². The van der Waals surface area contributed by atoms with Crippen molar-refractivity contribution < 1.29 is 13.9 Å². The molecule has 7 nitrogen and oxygen atoms in total. The maximum Gasteiger partial charge on any atom is 0.244 e. The van der Waals surface area contributed by atoms with Gasteiger partial charge in [-0.2, -0.15) is 0 Å². The minimum Gasteiger partial charge on any atom is -0.469 e. The van der Waals surface area contributed by atoms with Gasteiger partial charge in [-0.15, -0.1) is 24.0 Å². The van der Waals surface area contributed by atoms with Gasteiger partial charge in [-0.05, 0) is 38.3 Å². The zero-order valence-corrected chi connectivity index (χ0v) is 17.9. The Bertz CT molecular complexity index is 517. The smallest absolute Gasteiger partial charge is 0.244 e. The van der Waals surface area contributed by atoms with Crippen LogP contribution in [0.3, 0.4) is 0 Å². The van der Waals surface area contributed by atoms with Crippen molar-refractivity contribution >= 4 is 35.8 Å². The molecule has 1 aromatic heterocycles. The van der Waals surface area contributed by atoms with Crippen LogP contribution in [0.5, 0.6) is 0 Å². The molecular weight excluding hydrogens is 447 g/mol. The van der Waals surface area contributed by atoms with E-state index in [-0.39, 0.29) is 36.4 Å². The molecule has 1 fully saturated rings. The van der Waals surface area contributed by atoms with E-state index < -0.39 is 0 Å². The van der Waals surface area contributed by atoms with Gasteiger partial charge in [0.15, 0.2) is 5.96 Å². The molecule has 0 atom stereocenters. The minimum atomic E-state index is 0. The summed E-state index contributed by atoms with van der Waals surface area (Å²) in [4.78, 5) is 18.5. The topological polar surface area (TPSA) is 79.1 Å². The van der Waals surface area contributed by atoms with Crippen LogP contribution in [0.4, 0.5) is 0 Å². The quantitative estimate of drug-likeness (QED) is 0.233. The molecule has 1 aromatic rings. The second kappa shape index (κ2) is 13.9. The van der Waals surface area contributed by atoms with Crippen molar-refractivity contribution in [2.45, 2.75) is 32.6 Å². The number of aliphatic imine (C=N–C) groups is 1. The molecule has 0 aliphatic carbocycles. The van der Waals surface area contributed by atoms with Crippen LogP contribution in [0.2, 0.25) is 0 Å². The number of ether oxygens (including phenoxy) is 1. The number of furan rings is 1.